The third kappa shape index (κ3) is 7.70. The van der Waals surface area contributed by atoms with Crippen LogP contribution in [0.1, 0.15) is 28.5 Å². The minimum Gasteiger partial charge on any atom is -0.375 e. The van der Waals surface area contributed by atoms with Gasteiger partial charge in [0.1, 0.15) is 6.10 Å². The van der Waals surface area contributed by atoms with E-state index in [1.165, 1.54) is 4.88 Å². The van der Waals surface area contributed by atoms with Crippen LogP contribution in [0.4, 0.5) is 0 Å². The van der Waals surface area contributed by atoms with E-state index in [0.29, 0.717) is 6.54 Å². The van der Waals surface area contributed by atoms with E-state index in [1.54, 1.807) is 18.4 Å². The number of aromatic nitrogens is 1. The van der Waals surface area contributed by atoms with Gasteiger partial charge in [-0.3, -0.25) is 4.99 Å². The Bertz CT molecular complexity index is 633. The second kappa shape index (κ2) is 12.2. The van der Waals surface area contributed by atoms with E-state index in [2.05, 4.69) is 46.6 Å². The Kier molecular flexibility index (Phi) is 10.7. The maximum atomic E-state index is 5.57. The predicted molar refractivity (Wildman–Crippen MR) is 116 cm³/mol. The Balaban J connectivity index is 0.00000312. The topological polar surface area (TPSA) is 58.5 Å². The largest absolute Gasteiger partial charge is 0.375 e. The van der Waals surface area contributed by atoms with Crippen LogP contribution in [0.15, 0.2) is 41.5 Å². The molecule has 2 N–H and O–H groups in total. The monoisotopic (exact) mass is 474 g/mol. The van der Waals surface area contributed by atoms with Crippen molar-refractivity contribution in [3.8, 4) is 0 Å². The van der Waals surface area contributed by atoms with Crippen LogP contribution in [0.2, 0.25) is 0 Å². The zero-order valence-corrected chi connectivity index (χ0v) is 18.1. The highest BCUT2D eigenvalue weighted by atomic mass is 127. The van der Waals surface area contributed by atoms with Gasteiger partial charge in [-0.25, -0.2) is 4.98 Å². The molecule has 0 aliphatic rings. The Morgan fingerprint density at radius 1 is 1.28 bits per heavy atom. The molecule has 2 aromatic rings. The molecule has 0 spiro atoms. The molecule has 1 unspecified atom stereocenters. The molecule has 0 saturated carbocycles. The molecule has 25 heavy (non-hydrogen) atoms. The average molecular weight is 474 g/mol. The molecule has 0 fully saturated rings. The van der Waals surface area contributed by atoms with Crippen molar-refractivity contribution in [2.24, 2.45) is 4.99 Å². The van der Waals surface area contributed by atoms with Crippen molar-refractivity contribution in [3.63, 3.8) is 0 Å². The molecule has 2 rings (SSSR count). The van der Waals surface area contributed by atoms with Crippen LogP contribution in [0, 0.1) is 6.92 Å². The van der Waals surface area contributed by atoms with E-state index >= 15 is 0 Å². The summed E-state index contributed by atoms with van der Waals surface area (Å²) in [5.41, 5.74) is 1.14. The van der Waals surface area contributed by atoms with Gasteiger partial charge in [0, 0.05) is 37.7 Å². The van der Waals surface area contributed by atoms with Crippen molar-refractivity contribution >= 4 is 41.3 Å². The summed E-state index contributed by atoms with van der Waals surface area (Å²) in [4.78, 5) is 10.3. The van der Waals surface area contributed by atoms with Gasteiger partial charge in [0.05, 0.1) is 11.6 Å². The van der Waals surface area contributed by atoms with Crippen molar-refractivity contribution in [2.75, 3.05) is 26.7 Å². The minimum absolute atomic E-state index is 0. The van der Waals surface area contributed by atoms with Crippen LogP contribution in [-0.4, -0.2) is 37.7 Å². The number of aliphatic imine (C=N–C) groups is 1. The highest BCUT2D eigenvalue weighted by molar-refractivity contribution is 14.0. The molecule has 5 nitrogen and oxygen atoms in total. The maximum Gasteiger partial charge on any atom is 0.191 e. The number of guanidine groups is 1. The van der Waals surface area contributed by atoms with Crippen LogP contribution >= 0.6 is 35.3 Å². The number of halogens is 1. The third-order valence-corrected chi connectivity index (χ3v) is 4.49. The van der Waals surface area contributed by atoms with Gasteiger partial charge < -0.3 is 15.4 Å². The van der Waals surface area contributed by atoms with Gasteiger partial charge >= 0.3 is 0 Å². The summed E-state index contributed by atoms with van der Waals surface area (Å²) in [6, 6.07) is 10.2. The maximum absolute atomic E-state index is 5.57. The fourth-order valence-corrected chi connectivity index (χ4v) is 3.09. The van der Waals surface area contributed by atoms with Crippen molar-refractivity contribution in [2.45, 2.75) is 26.4 Å². The van der Waals surface area contributed by atoms with Crippen LogP contribution in [-0.2, 0) is 11.2 Å². The molecule has 0 bridgehead atoms. The van der Waals surface area contributed by atoms with Crippen LogP contribution in [0.5, 0.6) is 0 Å². The van der Waals surface area contributed by atoms with Gasteiger partial charge in [0.15, 0.2) is 5.96 Å². The third-order valence-electron chi connectivity index (χ3n) is 3.52. The quantitative estimate of drug-likeness (QED) is 0.349. The van der Waals surface area contributed by atoms with Crippen molar-refractivity contribution in [1.82, 2.24) is 15.6 Å². The summed E-state index contributed by atoms with van der Waals surface area (Å²) in [5.74, 6) is 0.809. The van der Waals surface area contributed by atoms with Crippen LogP contribution in [0.3, 0.4) is 0 Å². The van der Waals surface area contributed by atoms with Crippen molar-refractivity contribution < 1.29 is 4.74 Å². The molecule has 7 heteroatoms. The van der Waals surface area contributed by atoms with Gasteiger partial charge in [-0.2, -0.15) is 0 Å². The number of hydrogen-bond donors (Lipinski definition) is 2. The number of ether oxygens (including phenoxy) is 1. The number of methoxy groups -OCH3 is 1. The number of thiazole rings is 1. The van der Waals surface area contributed by atoms with Gasteiger partial charge in [0.25, 0.3) is 0 Å². The zero-order chi connectivity index (χ0) is 17.2. The Labute approximate surface area is 171 Å². The summed E-state index contributed by atoms with van der Waals surface area (Å²) < 4.78 is 5.57. The van der Waals surface area contributed by atoms with Crippen molar-refractivity contribution in [1.29, 1.82) is 0 Å². The lowest BCUT2D eigenvalue weighted by atomic mass is 10.1. The number of aryl methyl sites for hydroxylation is 1. The van der Waals surface area contributed by atoms with E-state index in [4.69, 9.17) is 4.74 Å². The van der Waals surface area contributed by atoms with E-state index in [9.17, 15) is 0 Å². The summed E-state index contributed by atoms with van der Waals surface area (Å²) in [6.45, 7) is 6.35. The predicted octanol–water partition coefficient (Wildman–Crippen LogP) is 3.55. The second-order valence-corrected chi connectivity index (χ2v) is 6.72. The summed E-state index contributed by atoms with van der Waals surface area (Å²) in [5, 5.41) is 7.78. The van der Waals surface area contributed by atoms with Gasteiger partial charge in [-0.1, -0.05) is 30.3 Å². The molecule has 0 radical (unpaired) electrons. The van der Waals surface area contributed by atoms with Crippen LogP contribution < -0.4 is 10.6 Å². The molecule has 0 aliphatic heterocycles. The molecule has 1 aromatic carbocycles. The zero-order valence-electron chi connectivity index (χ0n) is 15.0. The molecule has 0 amide bonds. The number of nitrogens with one attached hydrogen (secondary N) is 2. The molecular weight excluding hydrogens is 447 g/mol. The first-order valence-electron chi connectivity index (χ1n) is 8.24. The number of rotatable bonds is 8. The lowest BCUT2D eigenvalue weighted by molar-refractivity contribution is 0.111. The first-order valence-corrected chi connectivity index (χ1v) is 9.05. The van der Waals surface area contributed by atoms with Crippen molar-refractivity contribution in [3.05, 3.63) is 52.0 Å². The van der Waals surface area contributed by atoms with E-state index < -0.39 is 0 Å². The Morgan fingerprint density at radius 3 is 2.64 bits per heavy atom. The molecule has 0 aliphatic carbocycles. The molecule has 1 atom stereocenters. The molecule has 0 saturated heterocycles. The first-order chi connectivity index (χ1) is 11.7. The number of benzene rings is 1. The lowest BCUT2D eigenvalue weighted by Crippen LogP contribution is -2.38. The van der Waals surface area contributed by atoms with Crippen LogP contribution in [0.25, 0.3) is 0 Å². The molecule has 1 heterocycles. The van der Waals surface area contributed by atoms with E-state index in [-0.39, 0.29) is 30.1 Å². The van der Waals surface area contributed by atoms with Gasteiger partial charge in [-0.05, 0) is 19.4 Å². The summed E-state index contributed by atoms with van der Waals surface area (Å²) in [7, 11) is 1.72. The Hall–Kier alpha value is -1.19. The molecular formula is C18H27IN4OS. The summed E-state index contributed by atoms with van der Waals surface area (Å²) in [6.07, 6.45) is 2.78. The SMILES string of the molecule is CCNC(=NCC(OC)c1ccccc1)NCCc1ncc(C)s1.I. The van der Waals surface area contributed by atoms with E-state index in [1.807, 2.05) is 24.4 Å². The summed E-state index contributed by atoms with van der Waals surface area (Å²) >= 11 is 1.74. The van der Waals surface area contributed by atoms with Gasteiger partial charge in [0.2, 0.25) is 0 Å². The lowest BCUT2D eigenvalue weighted by Gasteiger charge is -2.15. The van der Waals surface area contributed by atoms with Gasteiger partial charge in [-0.15, -0.1) is 35.3 Å². The average Bonchev–Trinajstić information content (AvgIpc) is 3.01. The Morgan fingerprint density at radius 2 is 2.04 bits per heavy atom. The highest BCUT2D eigenvalue weighted by Crippen LogP contribution is 2.16. The second-order valence-electron chi connectivity index (χ2n) is 5.40. The first kappa shape index (κ1) is 21.9. The highest BCUT2D eigenvalue weighted by Gasteiger charge is 2.09. The molecule has 1 aromatic heterocycles. The minimum atomic E-state index is -0.0386. The number of hydrogen-bond acceptors (Lipinski definition) is 4. The standard InChI is InChI=1S/C18H26N4OS.HI/c1-4-19-18(20-11-10-17-21-12-14(2)24-17)22-13-16(23-3)15-8-6-5-7-9-15;/h5-9,12,16H,4,10-11,13H2,1-3H3,(H2,19,20,22);1H. The fourth-order valence-electron chi connectivity index (χ4n) is 2.30. The van der Waals surface area contributed by atoms with E-state index in [0.717, 1.165) is 36.0 Å². The molecule has 138 valence electrons. The normalized spacial score (nSPS) is 12.4. The fraction of sp³-hybridized carbons (Fsp3) is 0.444. The smallest absolute Gasteiger partial charge is 0.191 e. The number of nitrogens with zero attached hydrogens (tertiary/aromatic N) is 2.